The number of aromatic carboxylic acids is 2. The molecule has 0 amide bonds. The second-order valence-corrected chi connectivity index (χ2v) is 10.4. The molecule has 7 aromatic rings. The Balaban J connectivity index is 1.29. The van der Waals surface area contributed by atoms with Crippen LogP contribution in [0.2, 0.25) is 0 Å². The van der Waals surface area contributed by atoms with Crippen molar-refractivity contribution in [2.24, 2.45) is 0 Å². The smallest absolute Gasteiger partial charge is 0.339 e. The fourth-order valence-electron chi connectivity index (χ4n) is 5.41. The minimum Gasteiger partial charge on any atom is -0.507 e. The molecule has 0 aliphatic rings. The molecule has 4 aromatic carbocycles. The van der Waals surface area contributed by atoms with E-state index in [1.165, 1.54) is 52.7 Å². The molecule has 7 rings (SSSR count). The second kappa shape index (κ2) is 10.4. The average Bonchev–Trinajstić information content (AvgIpc) is 3.78. The highest BCUT2D eigenvalue weighted by Gasteiger charge is 2.18. The standard InChI is InChI=1S/C32H21N7O7/c1-16(40)39-27-8-2-17(25-14-37(35-33-25)19-4-6-21(31(43)44)29(41)12-19)10-23(27)24-11-18(3-9-28(24)39)26-15-38(36-34-26)20-5-7-22(32(45)46)30(42)13-20/h2-15,41-42H,1H3,(H,43,44)(H,45,46). The number of hydrogen-bond acceptors (Lipinski definition) is 9. The zero-order valence-corrected chi connectivity index (χ0v) is 23.7. The number of hydrogen-bond donors (Lipinski definition) is 4. The Labute approximate surface area is 257 Å². The van der Waals surface area contributed by atoms with Crippen LogP contribution in [0.3, 0.4) is 0 Å². The van der Waals surface area contributed by atoms with Crippen LogP contribution in [0.1, 0.15) is 32.4 Å². The zero-order valence-electron chi connectivity index (χ0n) is 23.7. The molecule has 0 spiro atoms. The maximum atomic E-state index is 12.7. The normalized spacial score (nSPS) is 11.3. The van der Waals surface area contributed by atoms with Crippen molar-refractivity contribution in [2.75, 3.05) is 0 Å². The first-order valence-electron chi connectivity index (χ1n) is 13.7. The van der Waals surface area contributed by atoms with Gasteiger partial charge in [0.15, 0.2) is 0 Å². The molecule has 0 radical (unpaired) electrons. The van der Waals surface area contributed by atoms with Crippen LogP contribution >= 0.6 is 0 Å². The molecular formula is C32H21N7O7. The lowest BCUT2D eigenvalue weighted by molar-refractivity contribution is 0.0682. The van der Waals surface area contributed by atoms with Gasteiger partial charge in [0.25, 0.3) is 0 Å². The predicted octanol–water partition coefficient (Wildman–Crippen LogP) is 4.76. The highest BCUT2D eigenvalue weighted by molar-refractivity contribution is 6.14. The molecule has 226 valence electrons. The summed E-state index contributed by atoms with van der Waals surface area (Å²) in [5.41, 5.74) is 4.15. The number of aromatic hydroxyl groups is 2. The van der Waals surface area contributed by atoms with Crippen molar-refractivity contribution in [3.8, 4) is 45.4 Å². The Morgan fingerprint density at radius 3 is 1.41 bits per heavy atom. The Morgan fingerprint density at radius 1 is 0.609 bits per heavy atom. The van der Waals surface area contributed by atoms with Gasteiger partial charge in [-0.2, -0.15) is 0 Å². The third-order valence-corrected chi connectivity index (χ3v) is 7.61. The molecule has 14 nitrogen and oxygen atoms in total. The van der Waals surface area contributed by atoms with Crippen LogP contribution < -0.4 is 0 Å². The van der Waals surface area contributed by atoms with Gasteiger partial charge in [0.2, 0.25) is 5.91 Å². The van der Waals surface area contributed by atoms with E-state index < -0.39 is 23.4 Å². The Hall–Kier alpha value is -6.83. The van der Waals surface area contributed by atoms with Crippen LogP contribution in [0.5, 0.6) is 11.5 Å². The minimum absolute atomic E-state index is 0.174. The van der Waals surface area contributed by atoms with E-state index in [0.29, 0.717) is 44.9 Å². The third kappa shape index (κ3) is 4.57. The van der Waals surface area contributed by atoms with Gasteiger partial charge < -0.3 is 20.4 Å². The second-order valence-electron chi connectivity index (χ2n) is 10.4. The molecule has 0 bridgehead atoms. The van der Waals surface area contributed by atoms with Crippen molar-refractivity contribution < 1.29 is 34.8 Å². The number of phenols is 2. The molecule has 4 N–H and O–H groups in total. The van der Waals surface area contributed by atoms with Crippen molar-refractivity contribution in [3.63, 3.8) is 0 Å². The van der Waals surface area contributed by atoms with Gasteiger partial charge in [-0.1, -0.05) is 22.6 Å². The van der Waals surface area contributed by atoms with Gasteiger partial charge in [-0.05, 0) is 48.5 Å². The summed E-state index contributed by atoms with van der Waals surface area (Å²) < 4.78 is 4.45. The first-order chi connectivity index (χ1) is 22.1. The summed E-state index contributed by atoms with van der Waals surface area (Å²) >= 11 is 0. The molecule has 46 heavy (non-hydrogen) atoms. The summed E-state index contributed by atoms with van der Waals surface area (Å²) in [6.45, 7) is 1.48. The maximum absolute atomic E-state index is 12.7. The summed E-state index contributed by atoms with van der Waals surface area (Å²) in [5, 5.41) is 56.9. The van der Waals surface area contributed by atoms with E-state index in [4.69, 9.17) is 0 Å². The molecule has 0 saturated heterocycles. The number of carbonyl (C=O) groups excluding carboxylic acids is 1. The van der Waals surface area contributed by atoms with Gasteiger partial charge in [0.05, 0.1) is 34.8 Å². The first-order valence-corrected chi connectivity index (χ1v) is 13.7. The number of benzene rings is 4. The van der Waals surface area contributed by atoms with Gasteiger partial charge in [0.1, 0.15) is 34.0 Å². The molecule has 0 aliphatic heterocycles. The van der Waals surface area contributed by atoms with Crippen LogP contribution in [0.15, 0.2) is 85.2 Å². The molecule has 0 fully saturated rings. The quantitative estimate of drug-likeness (QED) is 0.201. The third-order valence-electron chi connectivity index (χ3n) is 7.61. The van der Waals surface area contributed by atoms with E-state index in [1.54, 1.807) is 17.0 Å². The monoisotopic (exact) mass is 615 g/mol. The lowest BCUT2D eigenvalue weighted by Crippen LogP contribution is -2.04. The summed E-state index contributed by atoms with van der Waals surface area (Å²) in [6, 6.07) is 19.2. The lowest BCUT2D eigenvalue weighted by Gasteiger charge is -2.04. The number of carboxylic acids is 2. The molecule has 3 heterocycles. The SMILES string of the molecule is CC(=O)n1c2ccc(-c3cn(-c4ccc(C(=O)O)c(O)c4)nn3)cc2c2cc(-c3cn(-c4ccc(C(=O)O)c(O)c4)nn3)ccc21. The van der Waals surface area contributed by atoms with E-state index in [2.05, 4.69) is 20.6 Å². The highest BCUT2D eigenvalue weighted by atomic mass is 16.4. The van der Waals surface area contributed by atoms with E-state index in [9.17, 15) is 34.8 Å². The van der Waals surface area contributed by atoms with E-state index in [1.807, 2.05) is 36.4 Å². The van der Waals surface area contributed by atoms with E-state index in [0.717, 1.165) is 10.8 Å². The first kappa shape index (κ1) is 28.0. The molecule has 0 unspecified atom stereocenters. The fraction of sp³-hybridized carbons (Fsp3) is 0.0312. The molecule has 3 aromatic heterocycles. The Morgan fingerprint density at radius 2 is 1.04 bits per heavy atom. The van der Waals surface area contributed by atoms with Crippen molar-refractivity contribution in [3.05, 3.63) is 96.3 Å². The van der Waals surface area contributed by atoms with Crippen LogP contribution in [-0.2, 0) is 0 Å². The zero-order chi connectivity index (χ0) is 32.3. The summed E-state index contributed by atoms with van der Waals surface area (Å²) in [5.74, 6) is -3.47. The van der Waals surface area contributed by atoms with E-state index in [-0.39, 0.29) is 17.0 Å². The number of nitrogens with zero attached hydrogens (tertiary/aromatic N) is 7. The summed E-state index contributed by atoms with van der Waals surface area (Å²) in [7, 11) is 0. The van der Waals surface area contributed by atoms with Crippen molar-refractivity contribution in [1.82, 2.24) is 34.6 Å². The fourth-order valence-corrected chi connectivity index (χ4v) is 5.41. The Bertz CT molecular complexity index is 2240. The average molecular weight is 616 g/mol. The van der Waals surface area contributed by atoms with Crippen molar-refractivity contribution >= 4 is 39.7 Å². The molecule has 0 atom stereocenters. The number of carbonyl (C=O) groups is 3. The minimum atomic E-state index is -1.25. The Kier molecular flexibility index (Phi) is 6.33. The number of rotatable bonds is 6. The van der Waals surface area contributed by atoms with Gasteiger partial charge in [0, 0.05) is 41.0 Å². The van der Waals surface area contributed by atoms with Crippen molar-refractivity contribution in [2.45, 2.75) is 6.92 Å². The van der Waals surface area contributed by atoms with Crippen LogP contribution in [0.25, 0.3) is 55.7 Å². The molecule has 14 heteroatoms. The largest absolute Gasteiger partial charge is 0.507 e. The topological polar surface area (TPSA) is 198 Å². The number of carboxylic acid groups (broad SMARTS) is 2. The number of aromatic nitrogens is 7. The predicted molar refractivity (Wildman–Crippen MR) is 164 cm³/mol. The number of fused-ring (bicyclic) bond motifs is 3. The van der Waals surface area contributed by atoms with Gasteiger partial charge >= 0.3 is 11.9 Å². The van der Waals surface area contributed by atoms with E-state index >= 15 is 0 Å². The maximum Gasteiger partial charge on any atom is 0.339 e. The van der Waals surface area contributed by atoms with Crippen molar-refractivity contribution in [1.29, 1.82) is 0 Å². The van der Waals surface area contributed by atoms with Crippen LogP contribution in [-0.4, -0.2) is 72.8 Å². The summed E-state index contributed by atoms with van der Waals surface area (Å²) in [4.78, 5) is 35.3. The van der Waals surface area contributed by atoms with Gasteiger partial charge in [-0.25, -0.2) is 19.0 Å². The lowest BCUT2D eigenvalue weighted by atomic mass is 10.0. The summed E-state index contributed by atoms with van der Waals surface area (Å²) in [6.07, 6.45) is 3.29. The van der Waals surface area contributed by atoms with Gasteiger partial charge in [-0.15, -0.1) is 10.2 Å². The molecular weight excluding hydrogens is 594 g/mol. The highest BCUT2D eigenvalue weighted by Crippen LogP contribution is 2.35. The molecule has 0 aliphatic carbocycles. The van der Waals surface area contributed by atoms with Crippen LogP contribution in [0, 0.1) is 0 Å². The molecule has 0 saturated carbocycles. The van der Waals surface area contributed by atoms with Crippen LogP contribution in [0.4, 0.5) is 0 Å². The van der Waals surface area contributed by atoms with Gasteiger partial charge in [-0.3, -0.25) is 9.36 Å².